The van der Waals surface area contributed by atoms with Crippen LogP contribution in [-0.2, 0) is 16.1 Å². The van der Waals surface area contributed by atoms with Crippen molar-refractivity contribution in [3.8, 4) is 0 Å². The van der Waals surface area contributed by atoms with E-state index in [-0.39, 0.29) is 12.2 Å². The number of allylic oxidation sites excluding steroid dienone is 2. The number of halogens is 1. The third-order valence-electron chi connectivity index (χ3n) is 6.13. The minimum Gasteiger partial charge on any atom is -0.463 e. The summed E-state index contributed by atoms with van der Waals surface area (Å²) in [5, 5.41) is 1.61. The van der Waals surface area contributed by atoms with Crippen molar-refractivity contribution in [3.63, 3.8) is 0 Å². The first-order chi connectivity index (χ1) is 17.4. The zero-order valence-corrected chi connectivity index (χ0v) is 21.5. The van der Waals surface area contributed by atoms with Gasteiger partial charge in [0.05, 0.1) is 28.5 Å². The minimum atomic E-state index is -0.665. The van der Waals surface area contributed by atoms with Crippen LogP contribution in [0.1, 0.15) is 31.0 Å². The number of para-hydroxylation sites is 1. The van der Waals surface area contributed by atoms with Crippen LogP contribution in [0, 0.1) is 0 Å². The molecule has 0 N–H and O–H groups in total. The van der Waals surface area contributed by atoms with Gasteiger partial charge < -0.3 is 9.30 Å². The largest absolute Gasteiger partial charge is 0.463 e. The second-order valence-electron chi connectivity index (χ2n) is 8.40. The van der Waals surface area contributed by atoms with Crippen molar-refractivity contribution < 1.29 is 9.53 Å². The zero-order valence-electron chi connectivity index (χ0n) is 19.9. The van der Waals surface area contributed by atoms with Crippen LogP contribution in [0.25, 0.3) is 17.0 Å². The second kappa shape index (κ2) is 9.76. The average molecular weight is 518 g/mol. The Balaban J connectivity index is 1.74. The van der Waals surface area contributed by atoms with Gasteiger partial charge in [0, 0.05) is 34.2 Å². The van der Waals surface area contributed by atoms with E-state index in [9.17, 15) is 9.59 Å². The number of thiazole rings is 1. The standard InChI is InChI=1S/C28H24ClN3O3S/c1-4-14-31-16-19(21-8-6-7-9-22(21)31)15-23-26(33)32-25(18-10-12-20(29)13-11-18)24(27(34)35-5-2)17(3)30-28(32)36-23/h4,6-13,15-16,25H,1,5,14H2,2-3H3/b23-15-/t25-/m0/s1. The first-order valence-corrected chi connectivity index (χ1v) is 12.8. The molecule has 1 atom stereocenters. The van der Waals surface area contributed by atoms with Gasteiger partial charge in [-0.15, -0.1) is 6.58 Å². The molecule has 1 aliphatic rings. The summed E-state index contributed by atoms with van der Waals surface area (Å²) in [4.78, 5) is 32.0. The number of hydrogen-bond acceptors (Lipinski definition) is 5. The molecule has 1 aliphatic heterocycles. The van der Waals surface area contributed by atoms with Gasteiger partial charge in [0.1, 0.15) is 0 Å². The molecule has 5 rings (SSSR count). The van der Waals surface area contributed by atoms with E-state index < -0.39 is 12.0 Å². The molecule has 4 aromatic rings. The van der Waals surface area contributed by atoms with Gasteiger partial charge in [0.2, 0.25) is 0 Å². The van der Waals surface area contributed by atoms with Gasteiger partial charge in [0.25, 0.3) is 5.56 Å². The van der Waals surface area contributed by atoms with Gasteiger partial charge in [-0.2, -0.15) is 0 Å². The van der Waals surface area contributed by atoms with Crippen LogP contribution in [0.2, 0.25) is 5.02 Å². The molecule has 2 aromatic carbocycles. The lowest BCUT2D eigenvalue weighted by atomic mass is 9.96. The summed E-state index contributed by atoms with van der Waals surface area (Å²) in [5.74, 6) is -0.486. The highest BCUT2D eigenvalue weighted by Crippen LogP contribution is 2.31. The maximum atomic E-state index is 13.8. The summed E-state index contributed by atoms with van der Waals surface area (Å²) in [7, 11) is 0. The summed E-state index contributed by atoms with van der Waals surface area (Å²) < 4.78 is 9.57. The molecule has 8 heteroatoms. The van der Waals surface area contributed by atoms with Crippen LogP contribution in [0.4, 0.5) is 0 Å². The van der Waals surface area contributed by atoms with Crippen LogP contribution in [-0.4, -0.2) is 21.7 Å². The summed E-state index contributed by atoms with van der Waals surface area (Å²) in [6.07, 6.45) is 5.76. The molecule has 0 saturated heterocycles. The summed E-state index contributed by atoms with van der Waals surface area (Å²) in [6, 6.07) is 14.5. The van der Waals surface area contributed by atoms with Crippen molar-refractivity contribution in [1.82, 2.24) is 9.13 Å². The molecule has 36 heavy (non-hydrogen) atoms. The van der Waals surface area contributed by atoms with Crippen LogP contribution < -0.4 is 14.9 Å². The number of nitrogens with zero attached hydrogens (tertiary/aromatic N) is 3. The molecule has 3 heterocycles. The molecule has 0 amide bonds. The normalized spacial score (nSPS) is 15.6. The highest BCUT2D eigenvalue weighted by Gasteiger charge is 2.33. The van der Waals surface area contributed by atoms with Gasteiger partial charge in [0.15, 0.2) is 4.80 Å². The Labute approximate surface area is 216 Å². The number of benzene rings is 2. The first kappa shape index (κ1) is 24.0. The summed E-state index contributed by atoms with van der Waals surface area (Å²) >= 11 is 7.43. The highest BCUT2D eigenvalue weighted by molar-refractivity contribution is 7.07. The van der Waals surface area contributed by atoms with Crippen molar-refractivity contribution >= 4 is 45.9 Å². The number of carbonyl (C=O) groups is 1. The molecule has 0 radical (unpaired) electrons. The molecule has 6 nitrogen and oxygen atoms in total. The molecular formula is C28H24ClN3O3S. The van der Waals surface area contributed by atoms with Gasteiger partial charge in [-0.05, 0) is 43.7 Å². The maximum Gasteiger partial charge on any atom is 0.338 e. The molecule has 0 bridgehead atoms. The van der Waals surface area contributed by atoms with E-state index >= 15 is 0 Å². The molecule has 0 unspecified atom stereocenters. The van der Waals surface area contributed by atoms with E-state index in [1.54, 1.807) is 30.5 Å². The number of carbonyl (C=O) groups excluding carboxylic acids is 1. The lowest BCUT2D eigenvalue weighted by Crippen LogP contribution is -2.39. The van der Waals surface area contributed by atoms with Crippen molar-refractivity contribution in [2.45, 2.75) is 26.4 Å². The van der Waals surface area contributed by atoms with Gasteiger partial charge in [-0.25, -0.2) is 9.79 Å². The second-order valence-corrected chi connectivity index (χ2v) is 9.84. The fourth-order valence-corrected chi connectivity index (χ4v) is 5.74. The summed E-state index contributed by atoms with van der Waals surface area (Å²) in [5.41, 5.74) is 3.42. The lowest BCUT2D eigenvalue weighted by molar-refractivity contribution is -0.139. The van der Waals surface area contributed by atoms with Crippen molar-refractivity contribution in [1.29, 1.82) is 0 Å². The Kier molecular flexibility index (Phi) is 6.51. The van der Waals surface area contributed by atoms with Crippen molar-refractivity contribution in [2.24, 2.45) is 4.99 Å². The fraction of sp³-hybridized carbons (Fsp3) is 0.179. The number of ether oxygens (including phenoxy) is 1. The Bertz CT molecular complexity index is 1710. The topological polar surface area (TPSA) is 65.6 Å². The third-order valence-corrected chi connectivity index (χ3v) is 7.37. The first-order valence-electron chi connectivity index (χ1n) is 11.6. The fourth-order valence-electron chi connectivity index (χ4n) is 4.57. The number of aromatic nitrogens is 2. The van der Waals surface area contributed by atoms with E-state index in [1.807, 2.05) is 54.7 Å². The Hall–Kier alpha value is -3.68. The van der Waals surface area contributed by atoms with Gasteiger partial charge in [-0.3, -0.25) is 9.36 Å². The Morgan fingerprint density at radius 1 is 1.22 bits per heavy atom. The molecular weight excluding hydrogens is 494 g/mol. The van der Waals surface area contributed by atoms with Crippen LogP contribution in [0.5, 0.6) is 0 Å². The van der Waals surface area contributed by atoms with Crippen molar-refractivity contribution in [3.05, 3.63) is 114 Å². The van der Waals surface area contributed by atoms with Crippen LogP contribution in [0.3, 0.4) is 0 Å². The van der Waals surface area contributed by atoms with E-state index in [0.717, 1.165) is 22.0 Å². The van der Waals surface area contributed by atoms with Crippen molar-refractivity contribution in [2.75, 3.05) is 6.61 Å². The zero-order chi connectivity index (χ0) is 25.4. The SMILES string of the molecule is C=CCn1cc(/C=c2\sc3n(c2=O)[C@@H](c2ccc(Cl)cc2)C(C(=O)OCC)=C(C)N=3)c2ccccc21. The number of hydrogen-bond donors (Lipinski definition) is 0. The Morgan fingerprint density at radius 2 is 1.97 bits per heavy atom. The van der Waals surface area contributed by atoms with Gasteiger partial charge in [-0.1, -0.05) is 59.3 Å². The average Bonchev–Trinajstić information content (AvgIpc) is 3.36. The molecule has 182 valence electrons. The number of fused-ring (bicyclic) bond motifs is 2. The summed E-state index contributed by atoms with van der Waals surface area (Å²) in [6.45, 7) is 8.26. The molecule has 0 spiro atoms. The molecule has 2 aromatic heterocycles. The van der Waals surface area contributed by atoms with E-state index in [4.69, 9.17) is 16.3 Å². The Morgan fingerprint density at radius 3 is 2.69 bits per heavy atom. The molecule has 0 aliphatic carbocycles. The third kappa shape index (κ3) is 4.14. The van der Waals surface area contributed by atoms with E-state index in [0.29, 0.717) is 32.2 Å². The highest BCUT2D eigenvalue weighted by atomic mass is 35.5. The minimum absolute atomic E-state index is 0.214. The van der Waals surface area contributed by atoms with Crippen LogP contribution in [0.15, 0.2) is 88.4 Å². The molecule has 0 fully saturated rings. The van der Waals surface area contributed by atoms with E-state index in [2.05, 4.69) is 16.1 Å². The monoisotopic (exact) mass is 517 g/mol. The van der Waals surface area contributed by atoms with E-state index in [1.165, 1.54) is 11.3 Å². The van der Waals surface area contributed by atoms with Crippen LogP contribution >= 0.6 is 22.9 Å². The number of rotatable bonds is 6. The maximum absolute atomic E-state index is 13.8. The predicted octanol–water partition coefficient (Wildman–Crippen LogP) is 4.59. The quantitative estimate of drug-likeness (QED) is 0.277. The molecule has 0 saturated carbocycles. The predicted molar refractivity (Wildman–Crippen MR) is 144 cm³/mol. The number of esters is 1. The lowest BCUT2D eigenvalue weighted by Gasteiger charge is -2.24. The van der Waals surface area contributed by atoms with Gasteiger partial charge >= 0.3 is 5.97 Å². The smallest absolute Gasteiger partial charge is 0.338 e.